The predicted molar refractivity (Wildman–Crippen MR) is 95.6 cm³/mol. The summed E-state index contributed by atoms with van der Waals surface area (Å²) in [5, 5.41) is 3.39. The van der Waals surface area contributed by atoms with Crippen molar-refractivity contribution in [3.05, 3.63) is 29.3 Å². The minimum Gasteiger partial charge on any atom is -0.383 e. The number of anilines is 1. The molecule has 0 fully saturated rings. The Hall–Kier alpha value is -0.710. The Morgan fingerprint density at radius 1 is 1.38 bits per heavy atom. The maximum atomic E-state index is 5.04. The van der Waals surface area contributed by atoms with Crippen molar-refractivity contribution in [3.8, 4) is 0 Å². The number of benzene rings is 1. The highest BCUT2D eigenvalue weighted by molar-refractivity contribution is 7.98. The number of ether oxygens (including phenoxy) is 1. The molecule has 0 radical (unpaired) electrons. The summed E-state index contributed by atoms with van der Waals surface area (Å²) in [6.07, 6.45) is 3.39. The van der Waals surface area contributed by atoms with E-state index in [1.165, 1.54) is 29.0 Å². The van der Waals surface area contributed by atoms with Crippen molar-refractivity contribution < 1.29 is 4.74 Å². The fourth-order valence-electron chi connectivity index (χ4n) is 2.35. The van der Waals surface area contributed by atoms with E-state index in [1.54, 1.807) is 7.11 Å². The maximum Gasteiger partial charge on any atom is 0.0587 e. The standard InChI is InChI=1S/C17H30N2OS/c1-14-12-16(13-18-9-10-20-4)6-7-17(14)19(3)15(2)8-11-21-5/h6-7,12,15,18H,8-11,13H2,1-5H3. The lowest BCUT2D eigenvalue weighted by Crippen LogP contribution is -2.30. The third-order valence-electron chi connectivity index (χ3n) is 3.85. The Balaban J connectivity index is 2.60. The molecule has 1 aromatic rings. The molecule has 0 aliphatic rings. The van der Waals surface area contributed by atoms with Crippen LogP contribution < -0.4 is 10.2 Å². The van der Waals surface area contributed by atoms with E-state index in [-0.39, 0.29) is 0 Å². The number of nitrogens with zero attached hydrogens (tertiary/aromatic N) is 1. The van der Waals surface area contributed by atoms with Crippen LogP contribution in [0, 0.1) is 6.92 Å². The van der Waals surface area contributed by atoms with Gasteiger partial charge in [-0.3, -0.25) is 0 Å². The van der Waals surface area contributed by atoms with Crippen LogP contribution in [0.2, 0.25) is 0 Å². The summed E-state index contributed by atoms with van der Waals surface area (Å²) in [5.74, 6) is 1.21. The summed E-state index contributed by atoms with van der Waals surface area (Å²) < 4.78 is 5.04. The molecule has 21 heavy (non-hydrogen) atoms. The van der Waals surface area contributed by atoms with E-state index in [2.05, 4.69) is 55.6 Å². The first-order valence-electron chi connectivity index (χ1n) is 7.61. The van der Waals surface area contributed by atoms with Crippen LogP contribution in [-0.2, 0) is 11.3 Å². The Bertz CT molecular complexity index is 412. The number of nitrogens with one attached hydrogen (secondary N) is 1. The SMILES string of the molecule is COCCNCc1ccc(N(C)C(C)CCSC)c(C)c1. The molecule has 1 atom stereocenters. The topological polar surface area (TPSA) is 24.5 Å². The highest BCUT2D eigenvalue weighted by Gasteiger charge is 2.12. The van der Waals surface area contributed by atoms with Crippen LogP contribution in [0.3, 0.4) is 0 Å². The van der Waals surface area contributed by atoms with Gasteiger partial charge in [0, 0.05) is 39.0 Å². The summed E-state index contributed by atoms with van der Waals surface area (Å²) in [7, 11) is 3.93. The molecule has 0 aliphatic carbocycles. The lowest BCUT2D eigenvalue weighted by molar-refractivity contribution is 0.199. The van der Waals surface area contributed by atoms with E-state index in [4.69, 9.17) is 4.74 Å². The van der Waals surface area contributed by atoms with E-state index < -0.39 is 0 Å². The Kier molecular flexibility index (Phi) is 8.81. The number of methoxy groups -OCH3 is 1. The van der Waals surface area contributed by atoms with Crippen LogP contribution in [0.4, 0.5) is 5.69 Å². The first-order valence-corrected chi connectivity index (χ1v) is 9.00. The molecule has 0 saturated heterocycles. The van der Waals surface area contributed by atoms with Crippen LogP contribution in [-0.4, -0.2) is 45.4 Å². The van der Waals surface area contributed by atoms with Crippen LogP contribution in [0.25, 0.3) is 0 Å². The average Bonchev–Trinajstić information content (AvgIpc) is 2.48. The van der Waals surface area contributed by atoms with Gasteiger partial charge in [0.2, 0.25) is 0 Å². The van der Waals surface area contributed by atoms with E-state index >= 15 is 0 Å². The average molecular weight is 311 g/mol. The molecule has 1 N–H and O–H groups in total. The second-order valence-electron chi connectivity index (χ2n) is 5.53. The van der Waals surface area contributed by atoms with Gasteiger partial charge in [0.05, 0.1) is 6.61 Å². The monoisotopic (exact) mass is 310 g/mol. The summed E-state index contributed by atoms with van der Waals surface area (Å²) in [5.41, 5.74) is 4.02. The molecule has 0 aromatic heterocycles. The van der Waals surface area contributed by atoms with Crippen molar-refractivity contribution >= 4 is 17.4 Å². The largest absolute Gasteiger partial charge is 0.383 e. The van der Waals surface area contributed by atoms with Crippen molar-refractivity contribution in [1.29, 1.82) is 0 Å². The second kappa shape index (κ2) is 10.1. The van der Waals surface area contributed by atoms with Gasteiger partial charge in [0.1, 0.15) is 0 Å². The van der Waals surface area contributed by atoms with Crippen LogP contribution in [0.1, 0.15) is 24.5 Å². The van der Waals surface area contributed by atoms with Gasteiger partial charge in [0.15, 0.2) is 0 Å². The van der Waals surface area contributed by atoms with Gasteiger partial charge in [-0.2, -0.15) is 11.8 Å². The molecular weight excluding hydrogens is 280 g/mol. The predicted octanol–water partition coefficient (Wildman–Crippen LogP) is 3.31. The summed E-state index contributed by atoms with van der Waals surface area (Å²) >= 11 is 1.92. The Morgan fingerprint density at radius 2 is 2.14 bits per heavy atom. The van der Waals surface area contributed by atoms with E-state index in [1.807, 2.05) is 11.8 Å². The number of aryl methyl sites for hydroxylation is 1. The summed E-state index contributed by atoms with van der Waals surface area (Å²) in [6, 6.07) is 7.33. The molecule has 0 bridgehead atoms. The van der Waals surface area contributed by atoms with Crippen LogP contribution >= 0.6 is 11.8 Å². The first-order chi connectivity index (χ1) is 10.1. The molecule has 4 heteroatoms. The third kappa shape index (κ3) is 6.29. The van der Waals surface area contributed by atoms with Gasteiger partial charge in [0.25, 0.3) is 0 Å². The fraction of sp³-hybridized carbons (Fsp3) is 0.647. The van der Waals surface area contributed by atoms with Crippen molar-refractivity contribution in [3.63, 3.8) is 0 Å². The highest BCUT2D eigenvalue weighted by Crippen LogP contribution is 2.23. The zero-order valence-electron chi connectivity index (χ0n) is 14.1. The lowest BCUT2D eigenvalue weighted by Gasteiger charge is -2.28. The lowest BCUT2D eigenvalue weighted by atomic mass is 10.1. The molecule has 0 saturated carbocycles. The highest BCUT2D eigenvalue weighted by atomic mass is 32.2. The number of thioether (sulfide) groups is 1. The molecule has 3 nitrogen and oxygen atoms in total. The van der Waals surface area contributed by atoms with Gasteiger partial charge in [-0.25, -0.2) is 0 Å². The normalized spacial score (nSPS) is 12.4. The van der Waals surface area contributed by atoms with Crippen LogP contribution in [0.5, 0.6) is 0 Å². The van der Waals surface area contributed by atoms with Crippen molar-refractivity contribution in [2.75, 3.05) is 44.2 Å². The third-order valence-corrected chi connectivity index (χ3v) is 4.50. The molecule has 1 unspecified atom stereocenters. The molecule has 120 valence electrons. The quantitative estimate of drug-likeness (QED) is 0.670. The van der Waals surface area contributed by atoms with Crippen molar-refractivity contribution in [2.45, 2.75) is 32.9 Å². The van der Waals surface area contributed by atoms with Gasteiger partial charge in [-0.15, -0.1) is 0 Å². The Morgan fingerprint density at radius 3 is 2.76 bits per heavy atom. The van der Waals surface area contributed by atoms with Gasteiger partial charge < -0.3 is 15.0 Å². The molecule has 0 spiro atoms. The number of rotatable bonds is 10. The van der Waals surface area contributed by atoms with Crippen LogP contribution in [0.15, 0.2) is 18.2 Å². The van der Waals surface area contributed by atoms with E-state index in [0.29, 0.717) is 6.04 Å². The molecule has 1 aromatic carbocycles. The zero-order chi connectivity index (χ0) is 15.7. The molecule has 0 amide bonds. The molecule has 0 heterocycles. The number of hydrogen-bond acceptors (Lipinski definition) is 4. The van der Waals surface area contributed by atoms with E-state index in [0.717, 1.165) is 19.7 Å². The smallest absolute Gasteiger partial charge is 0.0587 e. The van der Waals surface area contributed by atoms with Gasteiger partial charge in [-0.1, -0.05) is 12.1 Å². The fourth-order valence-corrected chi connectivity index (χ4v) is 2.93. The first kappa shape index (κ1) is 18.3. The minimum atomic E-state index is 0.571. The van der Waals surface area contributed by atoms with Gasteiger partial charge in [-0.05, 0) is 49.5 Å². The summed E-state index contributed by atoms with van der Waals surface area (Å²) in [6.45, 7) is 7.05. The van der Waals surface area contributed by atoms with Gasteiger partial charge >= 0.3 is 0 Å². The summed E-state index contributed by atoms with van der Waals surface area (Å²) in [4.78, 5) is 2.40. The molecule has 1 rings (SSSR count). The molecule has 0 aliphatic heterocycles. The minimum absolute atomic E-state index is 0.571. The maximum absolute atomic E-state index is 5.04. The van der Waals surface area contributed by atoms with E-state index in [9.17, 15) is 0 Å². The number of hydrogen-bond donors (Lipinski definition) is 1. The van der Waals surface area contributed by atoms with Crippen molar-refractivity contribution in [1.82, 2.24) is 5.32 Å². The Labute approximate surface area is 134 Å². The second-order valence-corrected chi connectivity index (χ2v) is 6.52. The molecular formula is C17H30N2OS. The van der Waals surface area contributed by atoms with Crippen molar-refractivity contribution in [2.24, 2.45) is 0 Å². The zero-order valence-corrected chi connectivity index (χ0v) is 14.9.